The Balaban J connectivity index is 1.85. The minimum Gasteiger partial charge on any atom is -0.339 e. The molecule has 118 valence electrons. The molecule has 0 aliphatic carbocycles. The average molecular weight is 330 g/mol. The first-order valence-corrected chi connectivity index (χ1v) is 7.93. The third-order valence-corrected chi connectivity index (χ3v) is 4.95. The minimum absolute atomic E-state index is 0.0339. The molecule has 1 N–H and O–H groups in total. The van der Waals surface area contributed by atoms with Gasteiger partial charge >= 0.3 is 0 Å². The van der Waals surface area contributed by atoms with Crippen LogP contribution in [0.4, 0.5) is 0 Å². The van der Waals surface area contributed by atoms with Gasteiger partial charge in [0.25, 0.3) is 5.91 Å². The summed E-state index contributed by atoms with van der Waals surface area (Å²) in [6.45, 7) is 3.46. The number of aromatic nitrogens is 1. The number of ketones is 1. The third-order valence-electron chi connectivity index (χ3n) is 4.70. The topological polar surface area (TPSA) is 54.3 Å². The van der Waals surface area contributed by atoms with Crippen molar-refractivity contribution in [3.05, 3.63) is 58.4 Å². The zero-order valence-corrected chi connectivity index (χ0v) is 13.4. The molecule has 1 aromatic heterocycles. The van der Waals surface area contributed by atoms with Crippen LogP contribution in [-0.4, -0.2) is 34.2 Å². The molecule has 0 bridgehead atoms. The molecular formula is C17H16ClN3O2. The molecule has 1 fully saturated rings. The van der Waals surface area contributed by atoms with E-state index in [2.05, 4.69) is 5.32 Å². The highest BCUT2D eigenvalue weighted by Crippen LogP contribution is 2.37. The van der Waals surface area contributed by atoms with Gasteiger partial charge in [-0.1, -0.05) is 23.7 Å². The summed E-state index contributed by atoms with van der Waals surface area (Å²) < 4.78 is 1.88. The van der Waals surface area contributed by atoms with Crippen LogP contribution in [0, 0.1) is 0 Å². The van der Waals surface area contributed by atoms with Crippen LogP contribution >= 0.6 is 11.6 Å². The fourth-order valence-corrected chi connectivity index (χ4v) is 3.68. The molecule has 6 heteroatoms. The second-order valence-corrected chi connectivity index (χ2v) is 6.49. The lowest BCUT2D eigenvalue weighted by Gasteiger charge is -2.43. The Kier molecular flexibility index (Phi) is 3.11. The highest BCUT2D eigenvalue weighted by molar-refractivity contribution is 6.30. The Bertz CT molecular complexity index is 812. The maximum absolute atomic E-state index is 12.9. The average Bonchev–Trinajstić information content (AvgIpc) is 3.13. The maximum Gasteiger partial charge on any atom is 0.272 e. The Hall–Kier alpha value is -2.11. The number of amides is 1. The van der Waals surface area contributed by atoms with Crippen molar-refractivity contribution in [2.75, 3.05) is 13.1 Å². The van der Waals surface area contributed by atoms with Gasteiger partial charge in [-0.2, -0.15) is 0 Å². The van der Waals surface area contributed by atoms with Crippen LogP contribution in [0.2, 0.25) is 5.02 Å². The van der Waals surface area contributed by atoms with E-state index in [0.717, 1.165) is 12.1 Å². The number of hydrogen-bond donors (Lipinski definition) is 1. The van der Waals surface area contributed by atoms with Crippen molar-refractivity contribution in [3.8, 4) is 0 Å². The lowest BCUT2D eigenvalue weighted by atomic mass is 9.96. The molecule has 2 aromatic rings. The van der Waals surface area contributed by atoms with Gasteiger partial charge in [-0.05, 0) is 30.7 Å². The minimum atomic E-state index is -0.582. The summed E-state index contributed by atoms with van der Waals surface area (Å²) in [5.74, 6) is -0.0861. The summed E-state index contributed by atoms with van der Waals surface area (Å²) in [4.78, 5) is 26.4. The van der Waals surface area contributed by atoms with Crippen molar-refractivity contribution >= 4 is 23.3 Å². The number of Topliss-reactive ketones (excluding diaryl/α,β-unsaturated/α-hetero) is 1. The molecule has 2 aliphatic heterocycles. The van der Waals surface area contributed by atoms with E-state index >= 15 is 0 Å². The number of halogens is 1. The summed E-state index contributed by atoms with van der Waals surface area (Å²) in [6, 6.07) is 9.25. The molecule has 0 saturated carbocycles. The van der Waals surface area contributed by atoms with Crippen molar-refractivity contribution < 1.29 is 9.59 Å². The quantitative estimate of drug-likeness (QED) is 0.860. The first-order chi connectivity index (χ1) is 11.0. The van der Waals surface area contributed by atoms with E-state index in [1.165, 1.54) is 6.92 Å². The number of carbonyl (C=O) groups is 2. The lowest BCUT2D eigenvalue weighted by Crippen LogP contribution is -2.57. The van der Waals surface area contributed by atoms with Gasteiger partial charge in [0.15, 0.2) is 5.78 Å². The molecule has 0 spiro atoms. The van der Waals surface area contributed by atoms with Gasteiger partial charge < -0.3 is 9.47 Å². The number of benzene rings is 1. The summed E-state index contributed by atoms with van der Waals surface area (Å²) in [5.41, 5.74) is 1.56. The number of nitrogens with zero attached hydrogens (tertiary/aromatic N) is 2. The molecule has 2 aliphatic rings. The molecule has 5 nitrogen and oxygen atoms in total. The van der Waals surface area contributed by atoms with Gasteiger partial charge in [0.2, 0.25) is 0 Å². The Morgan fingerprint density at radius 1 is 1.30 bits per heavy atom. The standard InChI is InChI=1S/C17H16ClN3O2/c1-11(22)12-8-15-16(23)21-7-6-19-17(21,10-20(15)9-12)13-2-4-14(18)5-3-13/h2-5,8-9,19H,6-7,10H2,1H3. The van der Waals surface area contributed by atoms with E-state index in [1.807, 2.05) is 33.7 Å². The van der Waals surface area contributed by atoms with Crippen LogP contribution in [-0.2, 0) is 12.2 Å². The van der Waals surface area contributed by atoms with Crippen LogP contribution in [0.15, 0.2) is 36.5 Å². The van der Waals surface area contributed by atoms with E-state index in [-0.39, 0.29) is 11.7 Å². The highest BCUT2D eigenvalue weighted by Gasteiger charge is 2.49. The Labute approximate surface area is 138 Å². The van der Waals surface area contributed by atoms with E-state index in [1.54, 1.807) is 12.3 Å². The number of rotatable bonds is 2. The molecule has 1 unspecified atom stereocenters. The SMILES string of the molecule is CC(=O)c1cc2n(c1)CC1(c3ccc(Cl)cc3)NCCN1C2=O. The summed E-state index contributed by atoms with van der Waals surface area (Å²) in [5, 5.41) is 4.14. The number of nitrogens with one attached hydrogen (secondary N) is 1. The number of carbonyl (C=O) groups excluding carboxylic acids is 2. The molecule has 23 heavy (non-hydrogen) atoms. The predicted molar refractivity (Wildman–Crippen MR) is 86.6 cm³/mol. The van der Waals surface area contributed by atoms with Gasteiger partial charge in [0.1, 0.15) is 11.4 Å². The molecule has 1 saturated heterocycles. The monoisotopic (exact) mass is 329 g/mol. The van der Waals surface area contributed by atoms with E-state index in [0.29, 0.717) is 29.4 Å². The Morgan fingerprint density at radius 3 is 2.74 bits per heavy atom. The first kappa shape index (κ1) is 14.5. The largest absolute Gasteiger partial charge is 0.339 e. The van der Waals surface area contributed by atoms with Gasteiger partial charge in [-0.3, -0.25) is 14.9 Å². The summed E-state index contributed by atoms with van der Waals surface area (Å²) >= 11 is 6.00. The molecule has 3 heterocycles. The molecule has 1 aromatic carbocycles. The van der Waals surface area contributed by atoms with E-state index < -0.39 is 5.66 Å². The zero-order chi connectivity index (χ0) is 16.2. The number of hydrogen-bond acceptors (Lipinski definition) is 3. The number of fused-ring (bicyclic) bond motifs is 2. The lowest BCUT2D eigenvalue weighted by molar-refractivity contribution is 0.0398. The van der Waals surface area contributed by atoms with Crippen molar-refractivity contribution in [2.45, 2.75) is 19.1 Å². The second kappa shape index (κ2) is 4.94. The normalized spacial score (nSPS) is 22.9. The molecule has 1 atom stereocenters. The first-order valence-electron chi connectivity index (χ1n) is 7.55. The third kappa shape index (κ3) is 2.04. The Morgan fingerprint density at radius 2 is 2.04 bits per heavy atom. The highest BCUT2D eigenvalue weighted by atomic mass is 35.5. The molecule has 4 rings (SSSR count). The van der Waals surface area contributed by atoms with Gasteiger partial charge in [-0.25, -0.2) is 0 Å². The van der Waals surface area contributed by atoms with Crippen molar-refractivity contribution in [1.82, 2.24) is 14.8 Å². The van der Waals surface area contributed by atoms with Crippen LogP contribution in [0.5, 0.6) is 0 Å². The van der Waals surface area contributed by atoms with Crippen LogP contribution in [0.25, 0.3) is 0 Å². The van der Waals surface area contributed by atoms with Crippen molar-refractivity contribution in [2.24, 2.45) is 0 Å². The molecular weight excluding hydrogens is 314 g/mol. The van der Waals surface area contributed by atoms with E-state index in [9.17, 15) is 9.59 Å². The maximum atomic E-state index is 12.9. The zero-order valence-electron chi connectivity index (χ0n) is 12.7. The molecule has 1 amide bonds. The van der Waals surface area contributed by atoms with Crippen LogP contribution in [0.3, 0.4) is 0 Å². The van der Waals surface area contributed by atoms with E-state index in [4.69, 9.17) is 11.6 Å². The summed E-state index contributed by atoms with van der Waals surface area (Å²) in [6.07, 6.45) is 1.77. The van der Waals surface area contributed by atoms with Gasteiger partial charge in [0.05, 0.1) is 6.54 Å². The van der Waals surface area contributed by atoms with Crippen molar-refractivity contribution in [1.29, 1.82) is 0 Å². The summed E-state index contributed by atoms with van der Waals surface area (Å²) in [7, 11) is 0. The van der Waals surface area contributed by atoms with Gasteiger partial charge in [-0.15, -0.1) is 0 Å². The molecule has 0 radical (unpaired) electrons. The smallest absolute Gasteiger partial charge is 0.272 e. The van der Waals surface area contributed by atoms with Crippen LogP contribution in [0.1, 0.15) is 33.3 Å². The van der Waals surface area contributed by atoms with Gasteiger partial charge in [0, 0.05) is 29.9 Å². The fourth-order valence-electron chi connectivity index (χ4n) is 3.55. The second-order valence-electron chi connectivity index (χ2n) is 6.05. The van der Waals surface area contributed by atoms with Crippen LogP contribution < -0.4 is 5.32 Å². The van der Waals surface area contributed by atoms with Crippen molar-refractivity contribution in [3.63, 3.8) is 0 Å². The predicted octanol–water partition coefficient (Wildman–Crippen LogP) is 2.26. The fraction of sp³-hybridized carbons (Fsp3) is 0.294.